The third-order valence-corrected chi connectivity index (χ3v) is 4.18. The maximum absolute atomic E-state index is 7.23. The van der Waals surface area contributed by atoms with Gasteiger partial charge in [0.25, 0.3) is 0 Å². The Balaban J connectivity index is 2.20. The van der Waals surface area contributed by atoms with Gasteiger partial charge in [0.15, 0.2) is 0 Å². The van der Waals surface area contributed by atoms with Gasteiger partial charge in [0, 0.05) is 43.1 Å². The van der Waals surface area contributed by atoms with E-state index in [1.165, 1.54) is 6.08 Å². The second-order valence-corrected chi connectivity index (χ2v) is 5.74. The summed E-state index contributed by atoms with van der Waals surface area (Å²) in [4.78, 5) is 11.4. The summed E-state index contributed by atoms with van der Waals surface area (Å²) in [5.74, 6) is 0.875. The second-order valence-electron chi connectivity index (χ2n) is 5.74. The van der Waals surface area contributed by atoms with Crippen LogP contribution in [-0.4, -0.2) is 49.0 Å². The maximum Gasteiger partial charge on any atom is 0.131 e. The molecule has 3 rings (SSSR count). The van der Waals surface area contributed by atoms with Gasteiger partial charge in [-0.25, -0.2) is 4.98 Å². The fourth-order valence-corrected chi connectivity index (χ4v) is 2.94. The predicted molar refractivity (Wildman–Crippen MR) is 97.7 cm³/mol. The van der Waals surface area contributed by atoms with Gasteiger partial charge in [-0.05, 0) is 19.1 Å². The number of nitrogens with one attached hydrogen (secondary N) is 2. The van der Waals surface area contributed by atoms with Gasteiger partial charge in [0.2, 0.25) is 0 Å². The molecule has 126 valence electrons. The van der Waals surface area contributed by atoms with Gasteiger partial charge in [0.05, 0.1) is 25.0 Å². The van der Waals surface area contributed by atoms with Crippen molar-refractivity contribution in [3.63, 3.8) is 0 Å². The van der Waals surface area contributed by atoms with Crippen LogP contribution in [0.15, 0.2) is 24.4 Å². The summed E-state index contributed by atoms with van der Waals surface area (Å²) >= 11 is 0. The largest absolute Gasteiger partial charge is 0.397 e. The zero-order chi connectivity index (χ0) is 17.1. The maximum atomic E-state index is 7.23. The Labute approximate surface area is 141 Å². The molecule has 1 aliphatic heterocycles. The van der Waals surface area contributed by atoms with Crippen LogP contribution in [-0.2, 0) is 4.74 Å². The van der Waals surface area contributed by atoms with Gasteiger partial charge < -0.3 is 26.1 Å². The standard InChI is InChI=1S/C17H22N6O/c1-11-10-24-8-7-23(11)15-9-14(20-2)12-4-6-21-17(16(12)22-15)13(19)3-5-18/h3-6,9,11,18H,7-8,10,19H2,1-2H3,(H,20,22)/b13-3-,18-5?. The van der Waals surface area contributed by atoms with Crippen molar-refractivity contribution >= 4 is 34.3 Å². The highest BCUT2D eigenvalue weighted by Gasteiger charge is 2.22. The van der Waals surface area contributed by atoms with E-state index in [9.17, 15) is 0 Å². The van der Waals surface area contributed by atoms with Crippen molar-refractivity contribution in [2.75, 3.05) is 37.0 Å². The first-order chi connectivity index (χ1) is 11.7. The van der Waals surface area contributed by atoms with Crippen LogP contribution in [0.5, 0.6) is 0 Å². The first-order valence-corrected chi connectivity index (χ1v) is 7.94. The summed E-state index contributed by atoms with van der Waals surface area (Å²) in [7, 11) is 1.89. The molecule has 1 unspecified atom stereocenters. The number of morpholine rings is 1. The van der Waals surface area contributed by atoms with Gasteiger partial charge in [0.1, 0.15) is 17.0 Å². The Morgan fingerprint density at radius 1 is 1.54 bits per heavy atom. The minimum absolute atomic E-state index is 0.253. The van der Waals surface area contributed by atoms with E-state index in [-0.39, 0.29) is 6.04 Å². The van der Waals surface area contributed by atoms with Crippen molar-refractivity contribution in [3.05, 3.63) is 30.1 Å². The molecule has 0 aliphatic carbocycles. The average Bonchev–Trinajstić information content (AvgIpc) is 2.60. The van der Waals surface area contributed by atoms with Gasteiger partial charge in [-0.15, -0.1) is 0 Å². The molecular weight excluding hydrogens is 304 g/mol. The Bertz CT molecular complexity index is 788. The first-order valence-electron chi connectivity index (χ1n) is 7.94. The average molecular weight is 326 g/mol. The van der Waals surface area contributed by atoms with E-state index in [0.29, 0.717) is 24.6 Å². The van der Waals surface area contributed by atoms with E-state index in [4.69, 9.17) is 20.9 Å². The quantitative estimate of drug-likeness (QED) is 0.741. The number of aromatic nitrogens is 2. The lowest BCUT2D eigenvalue weighted by molar-refractivity contribution is 0.0986. The summed E-state index contributed by atoms with van der Waals surface area (Å²) in [6, 6.07) is 4.22. The minimum atomic E-state index is 0.253. The molecule has 4 N–H and O–H groups in total. The Morgan fingerprint density at radius 2 is 2.38 bits per heavy atom. The van der Waals surface area contributed by atoms with E-state index in [0.717, 1.165) is 35.2 Å². The molecular formula is C17H22N6O. The highest BCUT2D eigenvalue weighted by Crippen LogP contribution is 2.30. The molecule has 0 spiro atoms. The van der Waals surface area contributed by atoms with Crippen molar-refractivity contribution < 1.29 is 4.74 Å². The molecule has 7 heteroatoms. The van der Waals surface area contributed by atoms with Crippen LogP contribution >= 0.6 is 0 Å². The Hall–Kier alpha value is -2.67. The van der Waals surface area contributed by atoms with Gasteiger partial charge in [-0.1, -0.05) is 0 Å². The molecule has 1 saturated heterocycles. The topological polar surface area (TPSA) is 100 Å². The highest BCUT2D eigenvalue weighted by molar-refractivity contribution is 5.99. The lowest BCUT2D eigenvalue weighted by Crippen LogP contribution is -2.44. The summed E-state index contributed by atoms with van der Waals surface area (Å²) in [6.45, 7) is 4.29. The first kappa shape index (κ1) is 16.2. The number of ether oxygens (including phenoxy) is 1. The number of fused-ring (bicyclic) bond motifs is 1. The van der Waals surface area contributed by atoms with E-state index < -0.39 is 0 Å². The number of nitrogens with zero attached hydrogens (tertiary/aromatic N) is 3. The van der Waals surface area contributed by atoms with E-state index in [1.807, 2.05) is 19.2 Å². The molecule has 0 radical (unpaired) electrons. The lowest BCUT2D eigenvalue weighted by Gasteiger charge is -2.34. The molecule has 0 bridgehead atoms. The number of nitrogens with two attached hydrogens (primary N) is 1. The van der Waals surface area contributed by atoms with Crippen LogP contribution in [0, 0.1) is 5.41 Å². The number of hydrogen-bond donors (Lipinski definition) is 3. The molecule has 7 nitrogen and oxygen atoms in total. The molecule has 2 aromatic heterocycles. The Kier molecular flexibility index (Phi) is 4.61. The fraction of sp³-hybridized carbons (Fsp3) is 0.353. The van der Waals surface area contributed by atoms with E-state index in [2.05, 4.69) is 22.1 Å². The smallest absolute Gasteiger partial charge is 0.131 e. The summed E-state index contributed by atoms with van der Waals surface area (Å²) in [5, 5.41) is 11.4. The monoisotopic (exact) mass is 326 g/mol. The van der Waals surface area contributed by atoms with Crippen LogP contribution in [0.1, 0.15) is 12.6 Å². The predicted octanol–water partition coefficient (Wildman–Crippen LogP) is 1.85. The van der Waals surface area contributed by atoms with Crippen LogP contribution in [0.2, 0.25) is 0 Å². The van der Waals surface area contributed by atoms with Crippen molar-refractivity contribution in [2.45, 2.75) is 13.0 Å². The molecule has 1 fully saturated rings. The number of pyridine rings is 2. The van der Waals surface area contributed by atoms with Crippen molar-refractivity contribution in [2.24, 2.45) is 5.73 Å². The molecule has 3 heterocycles. The van der Waals surface area contributed by atoms with Crippen molar-refractivity contribution in [3.8, 4) is 0 Å². The zero-order valence-corrected chi connectivity index (χ0v) is 13.9. The normalized spacial score (nSPS) is 18.7. The van der Waals surface area contributed by atoms with Crippen LogP contribution < -0.4 is 16.0 Å². The molecule has 0 saturated carbocycles. The van der Waals surface area contributed by atoms with Gasteiger partial charge in [-0.3, -0.25) is 4.98 Å². The molecule has 0 amide bonds. The number of allylic oxidation sites excluding steroid dienone is 1. The molecule has 24 heavy (non-hydrogen) atoms. The highest BCUT2D eigenvalue weighted by atomic mass is 16.5. The SMILES string of the molecule is CNc1cc(N2CCOCC2C)nc2c(/C(N)=C/C=N)nccc12. The summed E-state index contributed by atoms with van der Waals surface area (Å²) in [5.41, 5.74) is 8.80. The van der Waals surface area contributed by atoms with Crippen LogP contribution in [0.4, 0.5) is 11.5 Å². The van der Waals surface area contributed by atoms with E-state index in [1.54, 1.807) is 6.20 Å². The third kappa shape index (κ3) is 2.90. The second kappa shape index (κ2) is 6.84. The van der Waals surface area contributed by atoms with Gasteiger partial charge in [-0.2, -0.15) is 0 Å². The van der Waals surface area contributed by atoms with Crippen LogP contribution in [0.25, 0.3) is 16.6 Å². The molecule has 2 aromatic rings. The zero-order valence-electron chi connectivity index (χ0n) is 13.9. The van der Waals surface area contributed by atoms with Crippen molar-refractivity contribution in [1.29, 1.82) is 5.41 Å². The molecule has 1 atom stereocenters. The number of hydrogen-bond acceptors (Lipinski definition) is 7. The van der Waals surface area contributed by atoms with Gasteiger partial charge >= 0.3 is 0 Å². The number of anilines is 2. The number of rotatable bonds is 4. The Morgan fingerprint density at radius 3 is 3.08 bits per heavy atom. The van der Waals surface area contributed by atoms with E-state index >= 15 is 0 Å². The fourth-order valence-electron chi connectivity index (χ4n) is 2.94. The molecule has 0 aromatic carbocycles. The van der Waals surface area contributed by atoms with Crippen LogP contribution in [0.3, 0.4) is 0 Å². The molecule has 1 aliphatic rings. The lowest BCUT2D eigenvalue weighted by atomic mass is 10.1. The minimum Gasteiger partial charge on any atom is -0.397 e. The van der Waals surface area contributed by atoms with Crippen molar-refractivity contribution in [1.82, 2.24) is 9.97 Å². The summed E-state index contributed by atoms with van der Waals surface area (Å²) in [6.07, 6.45) is 4.39. The summed E-state index contributed by atoms with van der Waals surface area (Å²) < 4.78 is 5.52. The third-order valence-electron chi connectivity index (χ3n) is 4.18.